The molecule has 4 aromatic rings. The Kier molecular flexibility index (Phi) is 9.94. The summed E-state index contributed by atoms with van der Waals surface area (Å²) in [5, 5.41) is 5.21. The summed E-state index contributed by atoms with van der Waals surface area (Å²) in [7, 11) is 2.15. The summed E-state index contributed by atoms with van der Waals surface area (Å²) in [6.07, 6.45) is 4.06. The molecule has 2 aliphatic rings. The number of nitrogens with one attached hydrogen (secondary N) is 1. The first-order valence-electron chi connectivity index (χ1n) is 16.0. The first-order valence-corrected chi connectivity index (χ1v) is 16.9. The van der Waals surface area contributed by atoms with Gasteiger partial charge in [-0.3, -0.25) is 9.59 Å². The van der Waals surface area contributed by atoms with E-state index in [4.69, 9.17) is 5.73 Å². The van der Waals surface area contributed by atoms with E-state index in [2.05, 4.69) is 69.5 Å². The molecule has 0 unspecified atom stereocenters. The predicted molar refractivity (Wildman–Crippen MR) is 185 cm³/mol. The highest BCUT2D eigenvalue weighted by Gasteiger charge is 2.29. The molecule has 1 aliphatic carbocycles. The van der Waals surface area contributed by atoms with Crippen LogP contribution >= 0.6 is 11.3 Å². The lowest BCUT2D eigenvalue weighted by Gasteiger charge is -2.36. The van der Waals surface area contributed by atoms with Gasteiger partial charge in [0.05, 0.1) is 22.7 Å². The van der Waals surface area contributed by atoms with Crippen molar-refractivity contribution in [2.24, 2.45) is 5.73 Å². The van der Waals surface area contributed by atoms with Crippen LogP contribution in [0, 0.1) is 0 Å². The van der Waals surface area contributed by atoms with Crippen LogP contribution in [-0.4, -0.2) is 66.9 Å². The van der Waals surface area contributed by atoms with Gasteiger partial charge in [0.2, 0.25) is 5.91 Å². The van der Waals surface area contributed by atoms with Crippen molar-refractivity contribution in [1.29, 1.82) is 0 Å². The smallest absolute Gasteiger partial charge is 0.264 e. The van der Waals surface area contributed by atoms with Crippen molar-refractivity contribution in [2.75, 3.05) is 43.4 Å². The molecule has 234 valence electrons. The highest BCUT2D eigenvalue weighted by atomic mass is 32.1. The lowest BCUT2D eigenvalue weighted by atomic mass is 9.90. The molecular weight excluding hydrogens is 579 g/mol. The Bertz CT molecular complexity index is 1580. The Morgan fingerprint density at radius 3 is 2.31 bits per heavy atom. The third-order valence-corrected chi connectivity index (χ3v) is 9.97. The highest BCUT2D eigenvalue weighted by molar-refractivity contribution is 7.12. The van der Waals surface area contributed by atoms with Gasteiger partial charge in [-0.25, -0.2) is 0 Å². The Morgan fingerprint density at radius 1 is 0.844 bits per heavy atom. The average molecular weight is 622 g/mol. The van der Waals surface area contributed by atoms with Crippen molar-refractivity contribution in [1.82, 2.24) is 9.80 Å². The van der Waals surface area contributed by atoms with Gasteiger partial charge in [0.25, 0.3) is 5.91 Å². The largest absolute Gasteiger partial charge is 0.367 e. The normalized spacial score (nSPS) is 18.8. The molecule has 8 heteroatoms. The Morgan fingerprint density at radius 2 is 1.58 bits per heavy atom. The molecule has 45 heavy (non-hydrogen) atoms. The number of rotatable bonds is 9. The van der Waals surface area contributed by atoms with Crippen molar-refractivity contribution in [3.05, 3.63) is 106 Å². The molecule has 0 bridgehead atoms. The maximum absolute atomic E-state index is 13.7. The van der Waals surface area contributed by atoms with Crippen molar-refractivity contribution in [3.63, 3.8) is 0 Å². The number of carbonyl (C=O) groups is 2. The van der Waals surface area contributed by atoms with Crippen molar-refractivity contribution in [3.8, 4) is 11.1 Å². The predicted octanol–water partition coefficient (Wildman–Crippen LogP) is 6.26. The highest BCUT2D eigenvalue weighted by Crippen LogP contribution is 2.34. The van der Waals surface area contributed by atoms with Crippen LogP contribution < -0.4 is 16.0 Å². The fraction of sp³-hybridized carbons (Fsp3) is 0.351. The van der Waals surface area contributed by atoms with E-state index in [0.29, 0.717) is 13.0 Å². The van der Waals surface area contributed by atoms with Crippen LogP contribution in [-0.2, 0) is 17.8 Å². The van der Waals surface area contributed by atoms with Crippen LogP contribution in [0.2, 0.25) is 0 Å². The summed E-state index contributed by atoms with van der Waals surface area (Å²) >= 11 is 1.50. The van der Waals surface area contributed by atoms with Gasteiger partial charge in [-0.2, -0.15) is 0 Å². The number of nitrogens with zero attached hydrogens (tertiary/aromatic N) is 3. The minimum atomic E-state index is -0.0302. The van der Waals surface area contributed by atoms with Gasteiger partial charge in [0.1, 0.15) is 0 Å². The molecule has 0 spiro atoms. The van der Waals surface area contributed by atoms with Gasteiger partial charge in [-0.1, -0.05) is 60.7 Å². The quantitative estimate of drug-likeness (QED) is 0.231. The minimum Gasteiger partial charge on any atom is -0.367 e. The molecule has 1 aromatic heterocycles. The topological polar surface area (TPSA) is 81.9 Å². The molecule has 2 amide bonds. The van der Waals surface area contributed by atoms with E-state index >= 15 is 0 Å². The number of amides is 2. The lowest BCUT2D eigenvalue weighted by Crippen LogP contribution is -2.44. The summed E-state index contributed by atoms with van der Waals surface area (Å²) in [4.78, 5) is 34.5. The number of thiophene rings is 1. The van der Waals surface area contributed by atoms with Crippen LogP contribution in [0.4, 0.5) is 11.4 Å². The van der Waals surface area contributed by atoms with Crippen molar-refractivity contribution in [2.45, 2.75) is 50.7 Å². The second-order valence-corrected chi connectivity index (χ2v) is 13.4. The molecule has 2 heterocycles. The number of piperazine rings is 1. The number of nitrogens with two attached hydrogens (primary N) is 1. The summed E-state index contributed by atoms with van der Waals surface area (Å²) in [6.45, 7) is 4.33. The minimum absolute atomic E-state index is 0.0302. The number of hydrogen-bond donors (Lipinski definition) is 2. The molecule has 3 N–H and O–H groups in total. The first-order chi connectivity index (χ1) is 21.9. The molecule has 2 fully saturated rings. The fourth-order valence-corrected chi connectivity index (χ4v) is 7.16. The molecule has 1 saturated carbocycles. The van der Waals surface area contributed by atoms with E-state index in [1.807, 2.05) is 47.8 Å². The third kappa shape index (κ3) is 7.82. The van der Waals surface area contributed by atoms with E-state index in [-0.39, 0.29) is 23.9 Å². The van der Waals surface area contributed by atoms with Gasteiger partial charge in [0.15, 0.2) is 0 Å². The first kappa shape index (κ1) is 31.0. The fourth-order valence-electron chi connectivity index (χ4n) is 6.48. The van der Waals surface area contributed by atoms with Crippen molar-refractivity contribution >= 4 is 34.5 Å². The van der Waals surface area contributed by atoms with Gasteiger partial charge in [-0.15, -0.1) is 11.3 Å². The van der Waals surface area contributed by atoms with Crippen LogP contribution in [0.1, 0.15) is 46.5 Å². The van der Waals surface area contributed by atoms with Crippen LogP contribution in [0.15, 0.2) is 90.3 Å². The zero-order chi connectivity index (χ0) is 31.2. The molecule has 0 radical (unpaired) electrons. The summed E-state index contributed by atoms with van der Waals surface area (Å²) in [5.41, 5.74) is 12.3. The van der Waals surface area contributed by atoms with E-state index in [1.165, 1.54) is 11.3 Å². The number of anilines is 2. The molecule has 0 atom stereocenters. The average Bonchev–Trinajstić information content (AvgIpc) is 3.60. The van der Waals surface area contributed by atoms with Gasteiger partial charge >= 0.3 is 0 Å². The molecule has 6 rings (SSSR count). The number of likely N-dealkylation sites (N-methyl/N-ethyl adjacent to an activating group) is 1. The Labute approximate surface area is 270 Å². The van der Waals surface area contributed by atoms with Crippen LogP contribution in [0.3, 0.4) is 0 Å². The summed E-state index contributed by atoms with van der Waals surface area (Å²) in [5.74, 6) is 0.0632. The van der Waals surface area contributed by atoms with Gasteiger partial charge in [0, 0.05) is 44.8 Å². The number of carbonyl (C=O) groups excluding carboxylic acids is 2. The van der Waals surface area contributed by atoms with E-state index < -0.39 is 0 Å². The van der Waals surface area contributed by atoms with E-state index in [9.17, 15) is 9.59 Å². The van der Waals surface area contributed by atoms with E-state index in [0.717, 1.165) is 90.4 Å². The molecule has 1 saturated heterocycles. The van der Waals surface area contributed by atoms with Gasteiger partial charge < -0.3 is 25.8 Å². The molecule has 1 aliphatic heterocycles. The number of hydrogen-bond acceptors (Lipinski definition) is 6. The van der Waals surface area contributed by atoms with Crippen LogP contribution in [0.25, 0.3) is 11.1 Å². The number of benzene rings is 3. The maximum atomic E-state index is 13.7. The SMILES string of the molecule is CN1CCN(c2ccc(-c3cccc(CN(C(=O)c4cccs4)C4CCC(N)CC4)c3)cc2NC(=O)Cc2ccccc2)CC1. The standard InChI is InChI=1S/C37H43N5O2S/c1-40-18-20-41(21-19-40)34-17-12-30(25-33(34)39-36(43)24-27-7-3-2-4-8-27)29-10-5-9-28(23-29)26-42(32-15-13-31(38)14-16-32)37(44)35-11-6-22-45-35/h2-12,17,22-23,25,31-32H,13-16,18-21,24,26,38H2,1H3,(H,39,43). The molecule has 7 nitrogen and oxygen atoms in total. The zero-order valence-electron chi connectivity index (χ0n) is 26.0. The summed E-state index contributed by atoms with van der Waals surface area (Å²) < 4.78 is 0. The second-order valence-electron chi connectivity index (χ2n) is 12.4. The molecular formula is C37H43N5O2S. The van der Waals surface area contributed by atoms with Crippen LogP contribution in [0.5, 0.6) is 0 Å². The van der Waals surface area contributed by atoms with E-state index in [1.54, 1.807) is 0 Å². The second kappa shape index (κ2) is 14.4. The third-order valence-electron chi connectivity index (χ3n) is 9.11. The Balaban J connectivity index is 1.27. The van der Waals surface area contributed by atoms with Crippen molar-refractivity contribution < 1.29 is 9.59 Å². The summed E-state index contributed by atoms with van der Waals surface area (Å²) in [6, 6.07) is 29.0. The molecule has 3 aromatic carbocycles. The monoisotopic (exact) mass is 621 g/mol. The lowest BCUT2D eigenvalue weighted by molar-refractivity contribution is -0.115. The Hall–Kier alpha value is -3.98. The maximum Gasteiger partial charge on any atom is 0.264 e. The van der Waals surface area contributed by atoms with Gasteiger partial charge in [-0.05, 0) is 84.6 Å². The zero-order valence-corrected chi connectivity index (χ0v) is 26.8.